The molecule has 0 aliphatic rings. The molecule has 2 rings (SSSR count). The van der Waals surface area contributed by atoms with Crippen molar-refractivity contribution >= 4 is 11.6 Å². The van der Waals surface area contributed by atoms with Gasteiger partial charge in [-0.15, -0.1) is 0 Å². The van der Waals surface area contributed by atoms with E-state index < -0.39 is 0 Å². The summed E-state index contributed by atoms with van der Waals surface area (Å²) in [5, 5.41) is 12.4. The molecule has 2 aromatic carbocycles. The highest BCUT2D eigenvalue weighted by Gasteiger charge is 2.12. The fourth-order valence-electron chi connectivity index (χ4n) is 2.16. The summed E-state index contributed by atoms with van der Waals surface area (Å²) in [5.74, 6) is 1.04. The van der Waals surface area contributed by atoms with Crippen LogP contribution in [-0.2, 0) is 11.2 Å². The van der Waals surface area contributed by atoms with Gasteiger partial charge in [0.05, 0.1) is 26.3 Å². The van der Waals surface area contributed by atoms with Gasteiger partial charge in [0.15, 0.2) is 11.5 Å². The van der Waals surface area contributed by atoms with Crippen LogP contribution in [-0.4, -0.2) is 25.2 Å². The molecule has 0 aliphatic heterocycles. The number of methoxy groups -OCH3 is 2. The van der Waals surface area contributed by atoms with Crippen LogP contribution in [0.2, 0.25) is 0 Å². The third kappa shape index (κ3) is 3.49. The number of carbonyl (C=O) groups is 1. The Morgan fingerprint density at radius 2 is 1.77 bits per heavy atom. The molecule has 0 radical (unpaired) electrons. The number of hydrogen-bond donors (Lipinski definition) is 2. The third-order valence-corrected chi connectivity index (χ3v) is 3.37. The standard InChI is InChI=1S/C17H19NO4/c1-11-8-15(21-2)16(22-3)9-12(11)10-17(20)18-13-6-4-5-7-14(13)19/h4-9,19H,10H2,1-3H3,(H,18,20). The molecule has 0 bridgehead atoms. The van der Waals surface area contributed by atoms with E-state index in [4.69, 9.17) is 9.47 Å². The number of aryl methyl sites for hydroxylation is 1. The lowest BCUT2D eigenvalue weighted by atomic mass is 10.0. The van der Waals surface area contributed by atoms with Gasteiger partial charge in [-0.25, -0.2) is 0 Å². The molecule has 0 spiro atoms. The first kappa shape index (κ1) is 15.7. The zero-order chi connectivity index (χ0) is 16.1. The molecular weight excluding hydrogens is 282 g/mol. The van der Waals surface area contributed by atoms with Gasteiger partial charge < -0.3 is 19.9 Å². The second-order valence-corrected chi connectivity index (χ2v) is 4.88. The molecule has 0 aromatic heterocycles. The van der Waals surface area contributed by atoms with Crippen LogP contribution in [0, 0.1) is 6.92 Å². The van der Waals surface area contributed by atoms with Crippen molar-refractivity contribution in [3.63, 3.8) is 0 Å². The number of nitrogens with one attached hydrogen (secondary N) is 1. The molecule has 0 saturated heterocycles. The van der Waals surface area contributed by atoms with E-state index in [9.17, 15) is 9.90 Å². The molecule has 0 unspecified atom stereocenters. The first-order valence-electron chi connectivity index (χ1n) is 6.84. The van der Waals surface area contributed by atoms with Gasteiger partial charge in [0.25, 0.3) is 0 Å². The number of anilines is 1. The number of carbonyl (C=O) groups excluding carboxylic acids is 1. The van der Waals surface area contributed by atoms with E-state index in [1.807, 2.05) is 13.0 Å². The van der Waals surface area contributed by atoms with Gasteiger partial charge in [0, 0.05) is 0 Å². The molecule has 5 nitrogen and oxygen atoms in total. The van der Waals surface area contributed by atoms with Crippen LogP contribution in [0.3, 0.4) is 0 Å². The summed E-state index contributed by atoms with van der Waals surface area (Å²) >= 11 is 0. The Morgan fingerprint density at radius 1 is 1.14 bits per heavy atom. The van der Waals surface area contributed by atoms with Crippen LogP contribution in [0.5, 0.6) is 17.2 Å². The first-order chi connectivity index (χ1) is 10.5. The van der Waals surface area contributed by atoms with Gasteiger partial charge in [0.2, 0.25) is 5.91 Å². The van der Waals surface area contributed by atoms with Crippen molar-refractivity contribution in [1.82, 2.24) is 0 Å². The number of ether oxygens (including phenoxy) is 2. The van der Waals surface area contributed by atoms with Crippen LogP contribution in [0.25, 0.3) is 0 Å². The van der Waals surface area contributed by atoms with Crippen molar-refractivity contribution in [2.45, 2.75) is 13.3 Å². The number of aromatic hydroxyl groups is 1. The summed E-state index contributed by atoms with van der Waals surface area (Å²) in [4.78, 5) is 12.1. The van der Waals surface area contributed by atoms with Crippen molar-refractivity contribution < 1.29 is 19.4 Å². The van der Waals surface area contributed by atoms with Gasteiger partial charge in [-0.2, -0.15) is 0 Å². The van der Waals surface area contributed by atoms with Crippen LogP contribution in [0.15, 0.2) is 36.4 Å². The van der Waals surface area contributed by atoms with Gasteiger partial charge in [-0.1, -0.05) is 12.1 Å². The molecular formula is C17H19NO4. The first-order valence-corrected chi connectivity index (χ1v) is 6.84. The highest BCUT2D eigenvalue weighted by molar-refractivity contribution is 5.93. The minimum atomic E-state index is -0.211. The smallest absolute Gasteiger partial charge is 0.228 e. The van der Waals surface area contributed by atoms with Crippen LogP contribution < -0.4 is 14.8 Å². The average molecular weight is 301 g/mol. The summed E-state index contributed by atoms with van der Waals surface area (Å²) in [6.45, 7) is 1.91. The Bertz CT molecular complexity index is 682. The second-order valence-electron chi connectivity index (χ2n) is 4.88. The number of para-hydroxylation sites is 2. The lowest BCUT2D eigenvalue weighted by molar-refractivity contribution is -0.115. The van der Waals surface area contributed by atoms with Crippen molar-refractivity contribution in [1.29, 1.82) is 0 Å². The van der Waals surface area contributed by atoms with Gasteiger partial charge in [-0.05, 0) is 42.3 Å². The van der Waals surface area contributed by atoms with Gasteiger partial charge in [-0.3, -0.25) is 4.79 Å². The van der Waals surface area contributed by atoms with Crippen LogP contribution in [0.4, 0.5) is 5.69 Å². The summed E-state index contributed by atoms with van der Waals surface area (Å²) in [5.41, 5.74) is 2.17. The van der Waals surface area contributed by atoms with E-state index in [2.05, 4.69) is 5.32 Å². The zero-order valence-corrected chi connectivity index (χ0v) is 12.8. The molecule has 2 aromatic rings. The maximum absolute atomic E-state index is 12.1. The summed E-state index contributed by atoms with van der Waals surface area (Å²) < 4.78 is 10.5. The Balaban J connectivity index is 2.16. The van der Waals surface area contributed by atoms with Gasteiger partial charge in [0.1, 0.15) is 5.75 Å². The van der Waals surface area contributed by atoms with Crippen molar-refractivity contribution in [3.8, 4) is 17.2 Å². The minimum absolute atomic E-state index is 0.0416. The monoisotopic (exact) mass is 301 g/mol. The van der Waals surface area contributed by atoms with Crippen LogP contribution in [0.1, 0.15) is 11.1 Å². The van der Waals surface area contributed by atoms with Crippen molar-refractivity contribution in [2.75, 3.05) is 19.5 Å². The zero-order valence-electron chi connectivity index (χ0n) is 12.8. The molecule has 5 heteroatoms. The molecule has 116 valence electrons. The lowest BCUT2D eigenvalue weighted by Crippen LogP contribution is -2.15. The second kappa shape index (κ2) is 6.85. The summed E-state index contributed by atoms with van der Waals surface area (Å²) in [6, 6.07) is 10.2. The molecule has 0 fully saturated rings. The Morgan fingerprint density at radius 3 is 2.41 bits per heavy atom. The number of phenolic OH excluding ortho intramolecular Hbond substituents is 1. The van der Waals surface area contributed by atoms with E-state index in [1.165, 1.54) is 6.07 Å². The molecule has 1 amide bonds. The topological polar surface area (TPSA) is 67.8 Å². The number of rotatable bonds is 5. The normalized spacial score (nSPS) is 10.1. The third-order valence-electron chi connectivity index (χ3n) is 3.37. The van der Waals surface area contributed by atoms with Gasteiger partial charge >= 0.3 is 0 Å². The summed E-state index contributed by atoms with van der Waals surface area (Å²) in [6.07, 6.45) is 0.181. The predicted octanol–water partition coefficient (Wildman–Crippen LogP) is 2.90. The summed E-state index contributed by atoms with van der Waals surface area (Å²) in [7, 11) is 3.13. The van der Waals surface area contributed by atoms with Crippen molar-refractivity contribution in [2.24, 2.45) is 0 Å². The molecule has 0 saturated carbocycles. The molecule has 0 atom stereocenters. The highest BCUT2D eigenvalue weighted by atomic mass is 16.5. The molecule has 22 heavy (non-hydrogen) atoms. The maximum Gasteiger partial charge on any atom is 0.228 e. The SMILES string of the molecule is COc1cc(C)c(CC(=O)Nc2ccccc2O)cc1OC. The Kier molecular flexibility index (Phi) is 4.88. The van der Waals surface area contributed by atoms with E-state index in [-0.39, 0.29) is 18.1 Å². The number of amides is 1. The molecule has 0 heterocycles. The van der Waals surface area contributed by atoms with E-state index >= 15 is 0 Å². The quantitative estimate of drug-likeness (QED) is 0.833. The Labute approximate surface area is 129 Å². The average Bonchev–Trinajstić information content (AvgIpc) is 2.51. The Hall–Kier alpha value is -2.69. The largest absolute Gasteiger partial charge is 0.506 e. The molecule has 0 aliphatic carbocycles. The fourth-order valence-corrected chi connectivity index (χ4v) is 2.16. The van der Waals surface area contributed by atoms with E-state index in [1.54, 1.807) is 38.5 Å². The van der Waals surface area contributed by atoms with Crippen LogP contribution >= 0.6 is 0 Å². The maximum atomic E-state index is 12.1. The highest BCUT2D eigenvalue weighted by Crippen LogP contribution is 2.30. The lowest BCUT2D eigenvalue weighted by Gasteiger charge is -2.13. The number of hydrogen-bond acceptors (Lipinski definition) is 4. The predicted molar refractivity (Wildman–Crippen MR) is 84.7 cm³/mol. The van der Waals surface area contributed by atoms with E-state index in [0.29, 0.717) is 17.2 Å². The fraction of sp³-hybridized carbons (Fsp3) is 0.235. The van der Waals surface area contributed by atoms with Crippen molar-refractivity contribution in [3.05, 3.63) is 47.5 Å². The number of benzene rings is 2. The molecule has 2 N–H and O–H groups in total. The minimum Gasteiger partial charge on any atom is -0.506 e. The van der Waals surface area contributed by atoms with E-state index in [0.717, 1.165) is 11.1 Å². The number of phenols is 1.